The van der Waals surface area contributed by atoms with Crippen molar-refractivity contribution in [3.63, 3.8) is 0 Å². The highest BCUT2D eigenvalue weighted by Gasteiger charge is 2.30. The summed E-state index contributed by atoms with van der Waals surface area (Å²) in [5.74, 6) is 0.876. The maximum atomic E-state index is 6.04. The number of ether oxygens (including phenoxy) is 1. The van der Waals surface area contributed by atoms with Crippen LogP contribution >= 0.6 is 0 Å². The van der Waals surface area contributed by atoms with Crippen molar-refractivity contribution in [2.24, 2.45) is 11.3 Å². The molecule has 0 bridgehead atoms. The zero-order chi connectivity index (χ0) is 12.9. The van der Waals surface area contributed by atoms with Gasteiger partial charge in [-0.3, -0.25) is 5.32 Å². The minimum atomic E-state index is 0.214. The third-order valence-electron chi connectivity index (χ3n) is 3.98. The highest BCUT2D eigenvalue weighted by atomic mass is 16.5. The Morgan fingerprint density at radius 2 is 1.76 bits per heavy atom. The van der Waals surface area contributed by atoms with E-state index in [0.717, 1.165) is 12.5 Å². The van der Waals surface area contributed by atoms with Gasteiger partial charge in [0.25, 0.3) is 0 Å². The predicted octanol–water partition coefficient (Wildman–Crippen LogP) is 3.95. The molecule has 0 aromatic heterocycles. The fourth-order valence-corrected chi connectivity index (χ4v) is 2.75. The van der Waals surface area contributed by atoms with Gasteiger partial charge in [-0.25, -0.2) is 0 Å². The molecule has 1 N–H and O–H groups in total. The van der Waals surface area contributed by atoms with Gasteiger partial charge in [-0.1, -0.05) is 27.7 Å². The largest absolute Gasteiger partial charge is 0.360 e. The maximum Gasteiger partial charge on any atom is 0.105 e. The van der Waals surface area contributed by atoms with Gasteiger partial charge in [0, 0.05) is 0 Å². The fourth-order valence-electron chi connectivity index (χ4n) is 2.75. The van der Waals surface area contributed by atoms with Crippen LogP contribution in [0.4, 0.5) is 0 Å². The topological polar surface area (TPSA) is 21.3 Å². The van der Waals surface area contributed by atoms with Gasteiger partial charge in [0.2, 0.25) is 0 Å². The molecule has 0 aromatic carbocycles. The van der Waals surface area contributed by atoms with Gasteiger partial charge in [-0.2, -0.15) is 0 Å². The SMILES string of the molecule is CCCNC(C)OC1CCC(C(C)(C)C)CC1. The van der Waals surface area contributed by atoms with E-state index < -0.39 is 0 Å². The van der Waals surface area contributed by atoms with Crippen molar-refractivity contribution in [2.75, 3.05) is 6.54 Å². The van der Waals surface area contributed by atoms with E-state index >= 15 is 0 Å². The Hall–Kier alpha value is -0.0800. The first-order valence-corrected chi connectivity index (χ1v) is 7.32. The average molecular weight is 241 g/mol. The van der Waals surface area contributed by atoms with Crippen LogP contribution in [0.1, 0.15) is 66.7 Å². The molecule has 17 heavy (non-hydrogen) atoms. The third-order valence-corrected chi connectivity index (χ3v) is 3.98. The normalized spacial score (nSPS) is 28.1. The van der Waals surface area contributed by atoms with Gasteiger partial charge in [0.15, 0.2) is 0 Å². The molecule has 2 heteroatoms. The summed E-state index contributed by atoms with van der Waals surface area (Å²) in [4.78, 5) is 0. The van der Waals surface area contributed by atoms with Gasteiger partial charge >= 0.3 is 0 Å². The van der Waals surface area contributed by atoms with E-state index in [1.165, 1.54) is 32.1 Å². The molecule has 1 saturated carbocycles. The van der Waals surface area contributed by atoms with E-state index in [4.69, 9.17) is 4.74 Å². The van der Waals surface area contributed by atoms with Crippen LogP contribution in [-0.4, -0.2) is 18.9 Å². The monoisotopic (exact) mass is 241 g/mol. The summed E-state index contributed by atoms with van der Waals surface area (Å²) in [7, 11) is 0. The molecule has 0 heterocycles. The second-order valence-corrected chi connectivity index (χ2v) is 6.57. The van der Waals surface area contributed by atoms with Gasteiger partial charge in [0.1, 0.15) is 6.23 Å². The zero-order valence-corrected chi connectivity index (χ0v) is 12.4. The van der Waals surface area contributed by atoms with E-state index in [1.807, 2.05) is 0 Å². The Kier molecular flexibility index (Phi) is 5.94. The van der Waals surface area contributed by atoms with Crippen LogP contribution in [0.3, 0.4) is 0 Å². The van der Waals surface area contributed by atoms with Crippen LogP contribution in [0.25, 0.3) is 0 Å². The number of hydrogen-bond acceptors (Lipinski definition) is 2. The second kappa shape index (κ2) is 6.75. The summed E-state index contributed by atoms with van der Waals surface area (Å²) in [6.45, 7) is 12.5. The lowest BCUT2D eigenvalue weighted by atomic mass is 9.72. The van der Waals surface area contributed by atoms with Crippen molar-refractivity contribution >= 4 is 0 Å². The smallest absolute Gasteiger partial charge is 0.105 e. The Labute approximate surface area is 108 Å². The van der Waals surface area contributed by atoms with Crippen LogP contribution in [0.2, 0.25) is 0 Å². The number of hydrogen-bond donors (Lipinski definition) is 1. The molecule has 1 atom stereocenters. The predicted molar refractivity (Wildman–Crippen MR) is 74.0 cm³/mol. The molecule has 0 amide bonds. The van der Waals surface area contributed by atoms with Crippen molar-refractivity contribution < 1.29 is 4.74 Å². The first kappa shape index (κ1) is 15.0. The van der Waals surface area contributed by atoms with Crippen LogP contribution in [-0.2, 0) is 4.74 Å². The lowest BCUT2D eigenvalue weighted by molar-refractivity contribution is -0.0498. The summed E-state index contributed by atoms with van der Waals surface area (Å²) in [6.07, 6.45) is 6.99. The van der Waals surface area contributed by atoms with Crippen LogP contribution in [0.5, 0.6) is 0 Å². The highest BCUT2D eigenvalue weighted by molar-refractivity contribution is 4.81. The van der Waals surface area contributed by atoms with Crippen molar-refractivity contribution in [2.45, 2.75) is 79.1 Å². The molecule has 102 valence electrons. The molecule has 1 aliphatic carbocycles. The lowest BCUT2D eigenvalue weighted by Gasteiger charge is -2.37. The molecule has 1 rings (SSSR count). The molecule has 0 saturated heterocycles. The first-order chi connectivity index (χ1) is 7.93. The summed E-state index contributed by atoms with van der Waals surface area (Å²) in [5.41, 5.74) is 0.469. The van der Waals surface area contributed by atoms with Crippen LogP contribution in [0, 0.1) is 11.3 Å². The Morgan fingerprint density at radius 3 is 2.24 bits per heavy atom. The Morgan fingerprint density at radius 1 is 1.18 bits per heavy atom. The van der Waals surface area contributed by atoms with Crippen molar-refractivity contribution in [3.8, 4) is 0 Å². The van der Waals surface area contributed by atoms with Gasteiger partial charge < -0.3 is 4.74 Å². The molecule has 0 aliphatic heterocycles. The zero-order valence-electron chi connectivity index (χ0n) is 12.4. The fraction of sp³-hybridized carbons (Fsp3) is 1.00. The molecule has 0 spiro atoms. The van der Waals surface area contributed by atoms with Gasteiger partial charge in [-0.15, -0.1) is 0 Å². The average Bonchev–Trinajstić information content (AvgIpc) is 2.26. The molecular formula is C15H31NO. The lowest BCUT2D eigenvalue weighted by Crippen LogP contribution is -2.36. The second-order valence-electron chi connectivity index (χ2n) is 6.57. The van der Waals surface area contributed by atoms with E-state index in [0.29, 0.717) is 11.5 Å². The quantitative estimate of drug-likeness (QED) is 0.736. The standard InChI is InChI=1S/C15H31NO/c1-6-11-16-12(2)17-14-9-7-13(8-10-14)15(3,4)5/h12-14,16H,6-11H2,1-5H3. The number of nitrogens with one attached hydrogen (secondary N) is 1. The molecule has 0 aromatic rings. The van der Waals surface area contributed by atoms with Gasteiger partial charge in [-0.05, 0) is 56.9 Å². The van der Waals surface area contributed by atoms with Gasteiger partial charge in [0.05, 0.1) is 6.10 Å². The summed E-state index contributed by atoms with van der Waals surface area (Å²) < 4.78 is 6.04. The minimum Gasteiger partial charge on any atom is -0.360 e. The molecule has 0 radical (unpaired) electrons. The van der Waals surface area contributed by atoms with E-state index in [1.54, 1.807) is 0 Å². The van der Waals surface area contributed by atoms with E-state index in [-0.39, 0.29) is 6.23 Å². The highest BCUT2D eigenvalue weighted by Crippen LogP contribution is 2.38. The van der Waals surface area contributed by atoms with Crippen molar-refractivity contribution in [1.29, 1.82) is 0 Å². The van der Waals surface area contributed by atoms with Crippen molar-refractivity contribution in [1.82, 2.24) is 5.32 Å². The van der Waals surface area contributed by atoms with E-state index in [9.17, 15) is 0 Å². The summed E-state index contributed by atoms with van der Waals surface area (Å²) >= 11 is 0. The van der Waals surface area contributed by atoms with Crippen LogP contribution < -0.4 is 5.32 Å². The minimum absolute atomic E-state index is 0.214. The Bertz CT molecular complexity index is 201. The van der Waals surface area contributed by atoms with Crippen LogP contribution in [0.15, 0.2) is 0 Å². The van der Waals surface area contributed by atoms with E-state index in [2.05, 4.69) is 39.9 Å². The molecule has 1 fully saturated rings. The van der Waals surface area contributed by atoms with Crippen molar-refractivity contribution in [3.05, 3.63) is 0 Å². The molecule has 2 nitrogen and oxygen atoms in total. The third kappa shape index (κ3) is 5.39. The molecular weight excluding hydrogens is 210 g/mol. The number of rotatable bonds is 5. The first-order valence-electron chi connectivity index (χ1n) is 7.32. The summed E-state index contributed by atoms with van der Waals surface area (Å²) in [6, 6.07) is 0. The molecule has 1 aliphatic rings. The molecule has 1 unspecified atom stereocenters. The Balaban J connectivity index is 2.23. The summed E-state index contributed by atoms with van der Waals surface area (Å²) in [5, 5.41) is 3.40. The maximum absolute atomic E-state index is 6.04.